The van der Waals surface area contributed by atoms with E-state index in [1.54, 1.807) is 12.1 Å². The van der Waals surface area contributed by atoms with Gasteiger partial charge in [-0.3, -0.25) is 4.57 Å². The zero-order valence-corrected chi connectivity index (χ0v) is 38.9. The molecular formula is C63H43F2N5. The Morgan fingerprint density at radius 3 is 1.39 bits per heavy atom. The first kappa shape index (κ1) is 40.5. The molecular weight excluding hydrogens is 865 g/mol. The largest absolute Gasteiger partial charge is 0.309 e. The molecule has 0 amide bonds. The fourth-order valence-corrected chi connectivity index (χ4v) is 11.8. The first-order valence-corrected chi connectivity index (χ1v) is 23.8. The molecule has 0 N–H and O–H groups in total. The van der Waals surface area contributed by atoms with Gasteiger partial charge in [-0.1, -0.05) is 137 Å². The number of para-hydroxylation sites is 3. The van der Waals surface area contributed by atoms with Crippen molar-refractivity contribution in [2.75, 3.05) is 0 Å². The van der Waals surface area contributed by atoms with Gasteiger partial charge < -0.3 is 4.57 Å². The van der Waals surface area contributed by atoms with E-state index in [-0.39, 0.29) is 11.6 Å². The maximum atomic E-state index is 14.8. The second-order valence-electron chi connectivity index (χ2n) is 19.9. The van der Waals surface area contributed by atoms with Crippen LogP contribution in [0.15, 0.2) is 188 Å². The van der Waals surface area contributed by atoms with E-state index in [1.807, 2.05) is 12.1 Å². The molecule has 3 aromatic heterocycles. The minimum atomic E-state index is -0.454. The highest BCUT2D eigenvalue weighted by Gasteiger charge is 2.38. The highest BCUT2D eigenvalue weighted by atomic mass is 19.1. The number of hydrogen-bond acceptors (Lipinski definition) is 3. The van der Waals surface area contributed by atoms with Crippen molar-refractivity contribution in [1.82, 2.24) is 24.1 Å². The van der Waals surface area contributed by atoms with E-state index in [4.69, 9.17) is 15.0 Å². The van der Waals surface area contributed by atoms with E-state index < -0.39 is 10.8 Å². The molecule has 0 radical (unpaired) electrons. The molecule has 0 unspecified atom stereocenters. The molecule has 2 aliphatic carbocycles. The molecule has 334 valence electrons. The van der Waals surface area contributed by atoms with Crippen molar-refractivity contribution in [3.8, 4) is 67.8 Å². The van der Waals surface area contributed by atoms with Crippen LogP contribution in [0.4, 0.5) is 8.78 Å². The van der Waals surface area contributed by atoms with E-state index in [0.717, 1.165) is 105 Å². The molecule has 9 aromatic carbocycles. The molecule has 3 heterocycles. The van der Waals surface area contributed by atoms with E-state index in [1.165, 1.54) is 22.9 Å². The Bertz CT molecular complexity index is 4080. The minimum Gasteiger partial charge on any atom is -0.309 e. The van der Waals surface area contributed by atoms with Gasteiger partial charge in [0.2, 0.25) is 5.95 Å². The van der Waals surface area contributed by atoms with Gasteiger partial charge in [-0.15, -0.1) is 0 Å². The number of fused-ring (bicyclic) bond motifs is 12. The van der Waals surface area contributed by atoms with Crippen LogP contribution in [-0.4, -0.2) is 24.1 Å². The third-order valence-corrected chi connectivity index (χ3v) is 15.3. The zero-order valence-electron chi connectivity index (χ0n) is 38.9. The molecule has 12 aromatic rings. The Kier molecular flexibility index (Phi) is 8.38. The Labute approximate surface area is 403 Å². The molecule has 0 fully saturated rings. The summed E-state index contributed by atoms with van der Waals surface area (Å²) < 4.78 is 34.0. The Morgan fingerprint density at radius 2 is 0.786 bits per heavy atom. The number of nitrogens with zero attached hydrogens (tertiary/aromatic N) is 5. The van der Waals surface area contributed by atoms with Crippen LogP contribution in [0.5, 0.6) is 0 Å². The van der Waals surface area contributed by atoms with Crippen LogP contribution in [0.25, 0.3) is 111 Å². The lowest BCUT2D eigenvalue weighted by Gasteiger charge is -2.22. The van der Waals surface area contributed by atoms with Crippen molar-refractivity contribution < 1.29 is 8.78 Å². The first-order chi connectivity index (χ1) is 34.0. The summed E-state index contributed by atoms with van der Waals surface area (Å²) in [6.07, 6.45) is 0. The van der Waals surface area contributed by atoms with Crippen LogP contribution >= 0.6 is 0 Å². The van der Waals surface area contributed by atoms with Gasteiger partial charge in [0.05, 0.1) is 22.1 Å². The molecule has 0 atom stereocenters. The lowest BCUT2D eigenvalue weighted by Crippen LogP contribution is -2.15. The maximum Gasteiger partial charge on any atom is 0.238 e. The summed E-state index contributed by atoms with van der Waals surface area (Å²) in [5.74, 6) is 1.03. The fraction of sp³-hybridized carbons (Fsp3) is 0.0952. The van der Waals surface area contributed by atoms with E-state index in [0.29, 0.717) is 17.6 Å². The standard InChI is InChI=1S/C63H43F2N5/c1-62(2)51-31-38(19-24-43(51)45-27-22-40(64)34-53(45)62)59-66-60(39-20-25-44-46-28-23-41(65)35-54(46)63(3,4)52(44)32-39)68-61(67-59)70-56-17-11-8-14-47(56)49-26-18-37(33-58(49)70)36-21-29-57-50(30-36)48-15-9-10-16-55(48)69(57)42-12-6-5-7-13-42/h5-35H,1-4H3. The summed E-state index contributed by atoms with van der Waals surface area (Å²) in [5, 5.41) is 4.54. The molecule has 70 heavy (non-hydrogen) atoms. The zero-order chi connectivity index (χ0) is 47.2. The van der Waals surface area contributed by atoms with Crippen LogP contribution in [0.2, 0.25) is 0 Å². The Hall–Kier alpha value is -8.55. The monoisotopic (exact) mass is 907 g/mol. The lowest BCUT2D eigenvalue weighted by atomic mass is 9.82. The second-order valence-corrected chi connectivity index (χ2v) is 19.9. The van der Waals surface area contributed by atoms with E-state index in [9.17, 15) is 8.78 Å². The predicted molar refractivity (Wildman–Crippen MR) is 280 cm³/mol. The van der Waals surface area contributed by atoms with Crippen LogP contribution in [0.1, 0.15) is 49.9 Å². The van der Waals surface area contributed by atoms with E-state index >= 15 is 0 Å². The second kappa shape index (κ2) is 14.5. The molecule has 5 nitrogen and oxygen atoms in total. The number of aromatic nitrogens is 5. The molecule has 0 saturated heterocycles. The molecule has 0 spiro atoms. The van der Waals surface area contributed by atoms with Crippen molar-refractivity contribution in [2.45, 2.75) is 38.5 Å². The van der Waals surface area contributed by atoms with Crippen LogP contribution in [-0.2, 0) is 10.8 Å². The maximum absolute atomic E-state index is 14.8. The lowest BCUT2D eigenvalue weighted by molar-refractivity contribution is 0.609. The molecule has 0 aliphatic heterocycles. The van der Waals surface area contributed by atoms with Gasteiger partial charge in [-0.05, 0) is 134 Å². The molecule has 0 bridgehead atoms. The summed E-state index contributed by atoms with van der Waals surface area (Å²) in [6, 6.07) is 63.9. The van der Waals surface area contributed by atoms with Gasteiger partial charge in [-0.2, -0.15) is 9.97 Å². The van der Waals surface area contributed by atoms with Gasteiger partial charge in [0, 0.05) is 49.2 Å². The number of hydrogen-bond donors (Lipinski definition) is 0. The van der Waals surface area contributed by atoms with Gasteiger partial charge in [0.25, 0.3) is 0 Å². The van der Waals surface area contributed by atoms with E-state index in [2.05, 4.69) is 188 Å². The quantitative estimate of drug-likeness (QED) is 0.173. The number of rotatable bonds is 5. The van der Waals surface area contributed by atoms with Crippen molar-refractivity contribution in [1.29, 1.82) is 0 Å². The van der Waals surface area contributed by atoms with Gasteiger partial charge in [-0.25, -0.2) is 13.8 Å². The smallest absolute Gasteiger partial charge is 0.238 e. The van der Waals surface area contributed by atoms with Gasteiger partial charge in [0.15, 0.2) is 11.6 Å². The molecule has 7 heteroatoms. The molecule has 14 rings (SSSR count). The number of halogens is 2. The summed E-state index contributed by atoms with van der Waals surface area (Å²) >= 11 is 0. The molecule has 0 saturated carbocycles. The van der Waals surface area contributed by atoms with Gasteiger partial charge >= 0.3 is 0 Å². The van der Waals surface area contributed by atoms with Crippen molar-refractivity contribution >= 4 is 43.6 Å². The van der Waals surface area contributed by atoms with Gasteiger partial charge in [0.1, 0.15) is 11.6 Å². The highest BCUT2D eigenvalue weighted by molar-refractivity contribution is 6.12. The summed E-state index contributed by atoms with van der Waals surface area (Å²) in [7, 11) is 0. The summed E-state index contributed by atoms with van der Waals surface area (Å²) in [5.41, 5.74) is 16.6. The van der Waals surface area contributed by atoms with Crippen molar-refractivity contribution in [3.05, 3.63) is 222 Å². The summed E-state index contributed by atoms with van der Waals surface area (Å²) in [6.45, 7) is 8.60. The Morgan fingerprint density at radius 1 is 0.343 bits per heavy atom. The third-order valence-electron chi connectivity index (χ3n) is 15.3. The Balaban J connectivity index is 0.980. The normalized spacial score (nSPS) is 14.1. The summed E-state index contributed by atoms with van der Waals surface area (Å²) in [4.78, 5) is 16.1. The third kappa shape index (κ3) is 5.78. The highest BCUT2D eigenvalue weighted by Crippen LogP contribution is 2.51. The molecule has 2 aliphatic rings. The van der Waals surface area contributed by atoms with Crippen molar-refractivity contribution in [3.63, 3.8) is 0 Å². The topological polar surface area (TPSA) is 48.5 Å². The first-order valence-electron chi connectivity index (χ1n) is 23.8. The predicted octanol–water partition coefficient (Wildman–Crippen LogP) is 16.0. The van der Waals surface area contributed by atoms with Crippen LogP contribution in [0.3, 0.4) is 0 Å². The number of benzene rings is 9. The van der Waals surface area contributed by atoms with Crippen molar-refractivity contribution in [2.24, 2.45) is 0 Å². The minimum absolute atomic E-state index is 0.247. The van der Waals surface area contributed by atoms with Crippen LogP contribution < -0.4 is 0 Å². The average Bonchev–Trinajstić information content (AvgIpc) is 4.04. The SMILES string of the molecule is CC1(C)c2cc(F)ccc2-c2ccc(-c3nc(-c4ccc5c(c4)C(C)(C)c4cc(F)ccc4-5)nc(-n4c5ccccc5c5ccc(-c6ccc7c(c6)c6ccccc6n7-c6ccccc6)cc54)n3)cc21. The fourth-order valence-electron chi connectivity index (χ4n) is 11.8. The average molecular weight is 908 g/mol. The van der Waals surface area contributed by atoms with Crippen LogP contribution in [0, 0.1) is 11.6 Å².